The van der Waals surface area contributed by atoms with Gasteiger partial charge in [0.1, 0.15) is 0 Å². The Labute approximate surface area is 100 Å². The molecule has 0 saturated carbocycles. The largest absolute Gasteiger partial charge is 0.326 e. The van der Waals surface area contributed by atoms with Crippen molar-refractivity contribution in [1.29, 1.82) is 0 Å². The van der Waals surface area contributed by atoms with Gasteiger partial charge in [-0.15, -0.1) is 0 Å². The number of aryl methyl sites for hydroxylation is 1. The van der Waals surface area contributed by atoms with Crippen molar-refractivity contribution in [3.05, 3.63) is 28.8 Å². The minimum atomic E-state index is 0.0896. The number of rotatable bonds is 2. The molecular formula is C12H15ClN2O. The Morgan fingerprint density at radius 2 is 2.38 bits per heavy atom. The Bertz CT molecular complexity index is 400. The summed E-state index contributed by atoms with van der Waals surface area (Å²) >= 11 is 5.92. The monoisotopic (exact) mass is 238 g/mol. The Kier molecular flexibility index (Phi) is 3.46. The van der Waals surface area contributed by atoms with E-state index in [-0.39, 0.29) is 11.8 Å². The molecule has 1 heterocycles. The van der Waals surface area contributed by atoms with Gasteiger partial charge in [-0.2, -0.15) is 0 Å². The van der Waals surface area contributed by atoms with Crippen LogP contribution in [0.2, 0.25) is 5.02 Å². The zero-order valence-electron chi connectivity index (χ0n) is 9.22. The lowest BCUT2D eigenvalue weighted by atomic mass is 10.1. The molecule has 0 spiro atoms. The summed E-state index contributed by atoms with van der Waals surface area (Å²) in [4.78, 5) is 11.8. The van der Waals surface area contributed by atoms with E-state index >= 15 is 0 Å². The molecule has 0 radical (unpaired) electrons. The van der Waals surface area contributed by atoms with Gasteiger partial charge in [-0.3, -0.25) is 4.79 Å². The molecule has 0 bridgehead atoms. The number of carbonyl (C=O) groups is 1. The van der Waals surface area contributed by atoms with Crippen LogP contribution in [0.15, 0.2) is 18.2 Å². The molecule has 1 amide bonds. The third-order valence-corrected chi connectivity index (χ3v) is 3.28. The molecule has 1 aromatic rings. The predicted octanol–water partition coefficient (Wildman–Crippen LogP) is 2.20. The molecule has 0 aromatic heterocycles. The summed E-state index contributed by atoms with van der Waals surface area (Å²) in [7, 11) is 0. The van der Waals surface area contributed by atoms with E-state index in [1.165, 1.54) is 0 Å². The van der Waals surface area contributed by atoms with E-state index in [9.17, 15) is 4.79 Å². The zero-order chi connectivity index (χ0) is 11.5. The van der Waals surface area contributed by atoms with Gasteiger partial charge in [0.15, 0.2) is 0 Å². The molecule has 1 atom stereocenters. The number of amides is 1. The number of hydrogen-bond donors (Lipinski definition) is 2. The fourth-order valence-corrected chi connectivity index (χ4v) is 1.96. The number of halogens is 1. The third-order valence-electron chi connectivity index (χ3n) is 2.86. The maximum atomic E-state index is 11.8. The second-order valence-corrected chi connectivity index (χ2v) is 4.55. The highest BCUT2D eigenvalue weighted by Crippen LogP contribution is 2.20. The van der Waals surface area contributed by atoms with Gasteiger partial charge in [0.05, 0.1) is 5.92 Å². The predicted molar refractivity (Wildman–Crippen MR) is 65.8 cm³/mol. The van der Waals surface area contributed by atoms with E-state index in [2.05, 4.69) is 10.6 Å². The van der Waals surface area contributed by atoms with Crippen molar-refractivity contribution in [3.63, 3.8) is 0 Å². The van der Waals surface area contributed by atoms with Crippen molar-refractivity contribution in [3.8, 4) is 0 Å². The SMILES string of the molecule is Cc1cc(NC(=O)C2CCNC2)ccc1Cl. The third kappa shape index (κ3) is 2.54. The van der Waals surface area contributed by atoms with Crippen LogP contribution in [-0.4, -0.2) is 19.0 Å². The average Bonchev–Trinajstić information content (AvgIpc) is 2.77. The van der Waals surface area contributed by atoms with Crippen molar-refractivity contribution < 1.29 is 4.79 Å². The van der Waals surface area contributed by atoms with Gasteiger partial charge in [-0.1, -0.05) is 11.6 Å². The smallest absolute Gasteiger partial charge is 0.228 e. The fourth-order valence-electron chi connectivity index (χ4n) is 1.85. The molecule has 16 heavy (non-hydrogen) atoms. The summed E-state index contributed by atoms with van der Waals surface area (Å²) in [6.45, 7) is 3.63. The molecule has 1 aliphatic heterocycles. The Morgan fingerprint density at radius 1 is 1.56 bits per heavy atom. The van der Waals surface area contributed by atoms with Crippen molar-refractivity contribution in [2.45, 2.75) is 13.3 Å². The second-order valence-electron chi connectivity index (χ2n) is 4.14. The topological polar surface area (TPSA) is 41.1 Å². The van der Waals surface area contributed by atoms with Crippen LogP contribution in [0.25, 0.3) is 0 Å². The normalized spacial score (nSPS) is 19.8. The minimum Gasteiger partial charge on any atom is -0.326 e. The maximum Gasteiger partial charge on any atom is 0.228 e. The molecule has 2 N–H and O–H groups in total. The van der Waals surface area contributed by atoms with Gasteiger partial charge in [0.25, 0.3) is 0 Å². The number of nitrogens with one attached hydrogen (secondary N) is 2. The van der Waals surface area contributed by atoms with Gasteiger partial charge in [-0.25, -0.2) is 0 Å². The van der Waals surface area contributed by atoms with Crippen LogP contribution in [0.3, 0.4) is 0 Å². The quantitative estimate of drug-likeness (QED) is 0.830. The molecule has 86 valence electrons. The first kappa shape index (κ1) is 11.4. The van der Waals surface area contributed by atoms with Crippen molar-refractivity contribution >= 4 is 23.2 Å². The highest BCUT2D eigenvalue weighted by molar-refractivity contribution is 6.31. The molecule has 1 aliphatic rings. The molecule has 3 nitrogen and oxygen atoms in total. The first-order chi connectivity index (χ1) is 7.66. The van der Waals surface area contributed by atoms with E-state index in [0.717, 1.165) is 35.8 Å². The zero-order valence-corrected chi connectivity index (χ0v) is 9.97. The van der Waals surface area contributed by atoms with Crippen molar-refractivity contribution in [2.75, 3.05) is 18.4 Å². The van der Waals surface area contributed by atoms with Crippen molar-refractivity contribution in [1.82, 2.24) is 5.32 Å². The van der Waals surface area contributed by atoms with E-state index in [1.807, 2.05) is 19.1 Å². The van der Waals surface area contributed by atoms with Crippen LogP contribution in [-0.2, 0) is 4.79 Å². The van der Waals surface area contributed by atoms with E-state index in [1.54, 1.807) is 6.07 Å². The van der Waals surface area contributed by atoms with Crippen LogP contribution in [0.1, 0.15) is 12.0 Å². The molecule has 1 saturated heterocycles. The lowest BCUT2D eigenvalue weighted by Gasteiger charge is -2.10. The van der Waals surface area contributed by atoms with Gasteiger partial charge >= 0.3 is 0 Å². The van der Waals surface area contributed by atoms with E-state index in [4.69, 9.17) is 11.6 Å². The van der Waals surface area contributed by atoms with Crippen LogP contribution in [0, 0.1) is 12.8 Å². The maximum absolute atomic E-state index is 11.8. The molecule has 2 rings (SSSR count). The first-order valence-electron chi connectivity index (χ1n) is 5.44. The van der Waals surface area contributed by atoms with Gasteiger partial charge in [-0.05, 0) is 43.7 Å². The number of anilines is 1. The molecule has 4 heteroatoms. The average molecular weight is 239 g/mol. The Balaban J connectivity index is 2.02. The lowest BCUT2D eigenvalue weighted by Crippen LogP contribution is -2.24. The molecule has 0 aliphatic carbocycles. The number of carbonyl (C=O) groups excluding carboxylic acids is 1. The van der Waals surface area contributed by atoms with Crippen LogP contribution in [0.5, 0.6) is 0 Å². The van der Waals surface area contributed by atoms with E-state index in [0.29, 0.717) is 0 Å². The summed E-state index contributed by atoms with van der Waals surface area (Å²) in [5.74, 6) is 0.183. The van der Waals surface area contributed by atoms with Crippen LogP contribution in [0.4, 0.5) is 5.69 Å². The number of hydrogen-bond acceptors (Lipinski definition) is 2. The van der Waals surface area contributed by atoms with Gasteiger partial charge in [0, 0.05) is 17.3 Å². The summed E-state index contributed by atoms with van der Waals surface area (Å²) in [6.07, 6.45) is 0.915. The van der Waals surface area contributed by atoms with Crippen LogP contribution >= 0.6 is 11.6 Å². The first-order valence-corrected chi connectivity index (χ1v) is 5.82. The van der Waals surface area contributed by atoms with Gasteiger partial charge < -0.3 is 10.6 Å². The Hall–Kier alpha value is -1.06. The molecular weight excluding hydrogens is 224 g/mol. The van der Waals surface area contributed by atoms with E-state index < -0.39 is 0 Å². The highest BCUT2D eigenvalue weighted by atomic mass is 35.5. The fraction of sp³-hybridized carbons (Fsp3) is 0.417. The number of benzene rings is 1. The van der Waals surface area contributed by atoms with Crippen molar-refractivity contribution in [2.24, 2.45) is 5.92 Å². The lowest BCUT2D eigenvalue weighted by molar-refractivity contribution is -0.119. The molecule has 1 fully saturated rings. The molecule has 1 aromatic carbocycles. The summed E-state index contributed by atoms with van der Waals surface area (Å²) in [6, 6.07) is 5.53. The molecule has 1 unspecified atom stereocenters. The summed E-state index contributed by atoms with van der Waals surface area (Å²) < 4.78 is 0. The Morgan fingerprint density at radius 3 is 3.00 bits per heavy atom. The second kappa shape index (κ2) is 4.85. The summed E-state index contributed by atoms with van der Waals surface area (Å²) in [5, 5.41) is 6.81. The highest BCUT2D eigenvalue weighted by Gasteiger charge is 2.22. The van der Waals surface area contributed by atoms with Crippen LogP contribution < -0.4 is 10.6 Å². The summed E-state index contributed by atoms with van der Waals surface area (Å²) in [5.41, 5.74) is 1.79. The van der Waals surface area contributed by atoms with Gasteiger partial charge in [0.2, 0.25) is 5.91 Å². The minimum absolute atomic E-state index is 0.0896. The standard InChI is InChI=1S/C12H15ClN2O/c1-8-6-10(2-3-11(8)13)15-12(16)9-4-5-14-7-9/h2-3,6,9,14H,4-5,7H2,1H3,(H,15,16).